The fourth-order valence-electron chi connectivity index (χ4n) is 3.84. The minimum absolute atomic E-state index is 0.120. The highest BCUT2D eigenvalue weighted by Gasteiger charge is 2.39. The zero-order chi connectivity index (χ0) is 22.6. The van der Waals surface area contributed by atoms with Crippen LogP contribution < -0.4 is 9.89 Å². The Labute approximate surface area is 186 Å². The van der Waals surface area contributed by atoms with Gasteiger partial charge in [0.1, 0.15) is 0 Å². The molecule has 3 rings (SSSR count). The molecule has 1 aromatic rings. The molecule has 0 unspecified atom stereocenters. The van der Waals surface area contributed by atoms with Crippen LogP contribution in [0.5, 0.6) is 0 Å². The summed E-state index contributed by atoms with van der Waals surface area (Å²) in [5, 5.41) is 21.2. The Balaban J connectivity index is 1.98. The van der Waals surface area contributed by atoms with E-state index in [0.29, 0.717) is 25.3 Å². The number of nitro groups is 1. The van der Waals surface area contributed by atoms with Crippen LogP contribution in [0.25, 0.3) is 0 Å². The summed E-state index contributed by atoms with van der Waals surface area (Å²) in [6.07, 6.45) is 7.62. The van der Waals surface area contributed by atoms with Crippen molar-refractivity contribution in [3.8, 4) is 0 Å². The van der Waals surface area contributed by atoms with Crippen LogP contribution in [0.15, 0.2) is 71.6 Å². The van der Waals surface area contributed by atoms with Gasteiger partial charge in [-0.05, 0) is 29.9 Å². The van der Waals surface area contributed by atoms with Gasteiger partial charge in [0, 0.05) is 46.8 Å². The van der Waals surface area contributed by atoms with Crippen LogP contribution in [0.4, 0.5) is 5.69 Å². The van der Waals surface area contributed by atoms with E-state index in [1.807, 2.05) is 24.3 Å². The van der Waals surface area contributed by atoms with Crippen molar-refractivity contribution in [3.63, 3.8) is 0 Å². The Kier molecular flexibility index (Phi) is 6.80. The number of aliphatic hydroxyl groups is 1. The second-order valence-corrected chi connectivity index (χ2v) is 8.29. The van der Waals surface area contributed by atoms with Gasteiger partial charge >= 0.3 is 5.90 Å². The van der Waals surface area contributed by atoms with E-state index >= 15 is 0 Å². The van der Waals surface area contributed by atoms with E-state index in [0.717, 1.165) is 16.9 Å². The molecule has 31 heavy (non-hydrogen) atoms. The van der Waals surface area contributed by atoms with Crippen molar-refractivity contribution in [2.45, 2.75) is 25.7 Å². The predicted octanol–water partition coefficient (Wildman–Crippen LogP) is 2.25. The second-order valence-electron chi connectivity index (χ2n) is 7.84. The Morgan fingerprint density at radius 1 is 1.29 bits per heavy atom. The molecule has 0 aromatic heterocycles. The maximum atomic E-state index is 12.2. The largest absolute Gasteiger partial charge is 0.464 e. The smallest absolute Gasteiger partial charge is 0.334 e. The molecule has 162 valence electrons. The number of nitrogens with one attached hydrogen (secondary N) is 1. The molecule has 2 aliphatic rings. The first kappa shape index (κ1) is 22.6. The Bertz CT molecular complexity index is 1050. The average molecular weight is 441 g/mol. The molecule has 7 nitrogen and oxygen atoms in total. The number of hydrogen-bond acceptors (Lipinski definition) is 5. The number of carbonyl (C=O) groups excluding carboxylic acids is 1. The normalized spacial score (nSPS) is 20.4. The van der Waals surface area contributed by atoms with Crippen LogP contribution in [0.1, 0.15) is 25.8 Å². The van der Waals surface area contributed by atoms with Gasteiger partial charge in [-0.25, -0.2) is 4.99 Å². The fraction of sp³-hybridized carbons (Fsp3) is 0.304. The lowest BCUT2D eigenvalue weighted by molar-refractivity contribution is -0.461. The van der Waals surface area contributed by atoms with Gasteiger partial charge in [0.25, 0.3) is 5.70 Å². The first-order valence-corrected chi connectivity index (χ1v) is 10.7. The van der Waals surface area contributed by atoms with E-state index in [1.165, 1.54) is 18.2 Å². The Morgan fingerprint density at radius 3 is 2.74 bits per heavy atom. The number of aliphatic hydroxyl groups excluding tert-OH is 1. The van der Waals surface area contributed by atoms with Gasteiger partial charge in [0.15, 0.2) is 12.3 Å². The predicted molar refractivity (Wildman–Crippen MR) is 124 cm³/mol. The van der Waals surface area contributed by atoms with Crippen LogP contribution in [0.2, 0.25) is 0 Å². The van der Waals surface area contributed by atoms with Crippen molar-refractivity contribution in [1.29, 1.82) is 0 Å². The molecule has 0 spiro atoms. The monoisotopic (exact) mass is 440 g/mol. The summed E-state index contributed by atoms with van der Waals surface area (Å²) in [6.45, 7) is 5.30. The second kappa shape index (κ2) is 9.34. The summed E-state index contributed by atoms with van der Waals surface area (Å²) in [6, 6.07) is 8.05. The molecule has 2 N–H and O–H groups in total. The number of thiol groups is 1. The maximum absolute atomic E-state index is 12.2. The standard InChI is InChI=1S/C23H25N3O4S/c1-23(2)18-5-3-4-6-19(18)25(13-11-22(28)24-12-14-31)21(23)10-7-16-15-17(26(29)30)8-9-20(16)27/h3-10,15,31H,11-14H2,1-2H3,(H,24,28)/p+1. The summed E-state index contributed by atoms with van der Waals surface area (Å²) < 4.78 is 0. The van der Waals surface area contributed by atoms with Gasteiger partial charge in [0.05, 0.1) is 11.3 Å². The van der Waals surface area contributed by atoms with Gasteiger partial charge < -0.3 is 10.0 Å². The Morgan fingerprint density at radius 2 is 2.03 bits per heavy atom. The van der Waals surface area contributed by atoms with Crippen LogP contribution in [0.3, 0.4) is 0 Å². The molecule has 0 bridgehead atoms. The zero-order valence-electron chi connectivity index (χ0n) is 17.5. The molecule has 0 fully saturated rings. The first-order chi connectivity index (χ1) is 14.8. The fourth-order valence-corrected chi connectivity index (χ4v) is 3.95. The van der Waals surface area contributed by atoms with Crippen LogP contribution in [-0.4, -0.2) is 40.6 Å². The highest BCUT2D eigenvalue weighted by Crippen LogP contribution is 2.47. The Hall–Kier alpha value is -3.13. The highest BCUT2D eigenvalue weighted by atomic mass is 32.1. The third-order valence-corrected chi connectivity index (χ3v) is 5.66. The first-order valence-electron chi connectivity index (χ1n) is 10.0. The number of rotatable bonds is 7. The molecule has 1 aliphatic carbocycles. The number of anilines is 1. The number of benzene rings is 1. The number of para-hydroxylation sites is 1. The van der Waals surface area contributed by atoms with E-state index in [9.17, 15) is 20.0 Å². The molecular formula is C23H26N3O4S+. The van der Waals surface area contributed by atoms with Crippen LogP contribution in [0, 0.1) is 10.1 Å². The van der Waals surface area contributed by atoms with Crippen LogP contribution in [-0.2, 0) is 10.2 Å². The van der Waals surface area contributed by atoms with Crippen molar-refractivity contribution < 1.29 is 19.8 Å². The van der Waals surface area contributed by atoms with E-state index in [4.69, 9.17) is 0 Å². The van der Waals surface area contributed by atoms with E-state index in [1.54, 1.807) is 6.08 Å². The average Bonchev–Trinajstić information content (AvgIpc) is 2.96. The molecule has 0 atom stereocenters. The van der Waals surface area contributed by atoms with E-state index in [2.05, 4.69) is 42.4 Å². The zero-order valence-corrected chi connectivity index (χ0v) is 18.4. The third kappa shape index (κ3) is 4.80. The number of hydrogen-bond donors (Lipinski definition) is 3. The molecule has 1 aliphatic heterocycles. The lowest BCUT2D eigenvalue weighted by Gasteiger charge is -2.26. The number of ketones is 1. The lowest BCUT2D eigenvalue weighted by atomic mass is 9.83. The molecule has 1 aromatic carbocycles. The van der Waals surface area contributed by atoms with Crippen LogP contribution >= 0.6 is 12.6 Å². The number of allylic oxidation sites excluding steroid dienone is 7. The van der Waals surface area contributed by atoms with Crippen molar-refractivity contribution in [2.24, 2.45) is 0 Å². The van der Waals surface area contributed by atoms with E-state index in [-0.39, 0.29) is 28.4 Å². The molecular weight excluding hydrogens is 414 g/mol. The van der Waals surface area contributed by atoms with E-state index < -0.39 is 4.92 Å². The van der Waals surface area contributed by atoms with Crippen molar-refractivity contribution in [1.82, 2.24) is 0 Å². The SMILES string of the molecule is CC1(C)C(=CC=C2C=C([N+](=O)[O-])C=CC2=O)N(CCC(O)=[NH+]CCS)c2ccccc21. The van der Waals surface area contributed by atoms with Gasteiger partial charge in [-0.1, -0.05) is 32.0 Å². The summed E-state index contributed by atoms with van der Waals surface area (Å²) in [5.41, 5.74) is 2.92. The number of carbonyl (C=O) groups is 1. The molecule has 0 amide bonds. The van der Waals surface area contributed by atoms with Crippen molar-refractivity contribution in [2.75, 3.05) is 23.7 Å². The van der Waals surface area contributed by atoms with Gasteiger partial charge in [-0.15, -0.1) is 0 Å². The topological polar surface area (TPSA) is 97.7 Å². The van der Waals surface area contributed by atoms with Gasteiger partial charge in [-0.3, -0.25) is 14.9 Å². The van der Waals surface area contributed by atoms with Gasteiger partial charge in [0.2, 0.25) is 0 Å². The number of nitrogens with zero attached hydrogens (tertiary/aromatic N) is 2. The number of fused-ring (bicyclic) bond motifs is 1. The van der Waals surface area contributed by atoms with Crippen molar-refractivity contribution in [3.05, 3.63) is 87.3 Å². The third-order valence-electron chi connectivity index (χ3n) is 5.44. The van der Waals surface area contributed by atoms with Gasteiger partial charge in [-0.2, -0.15) is 12.6 Å². The quantitative estimate of drug-likeness (QED) is 0.151. The summed E-state index contributed by atoms with van der Waals surface area (Å²) >= 11 is 4.14. The summed E-state index contributed by atoms with van der Waals surface area (Å²) in [4.78, 5) is 27.8. The van der Waals surface area contributed by atoms with Crippen molar-refractivity contribution >= 4 is 30.0 Å². The summed E-state index contributed by atoms with van der Waals surface area (Å²) in [7, 11) is 0. The maximum Gasteiger partial charge on any atom is 0.334 e. The molecule has 0 radical (unpaired) electrons. The molecule has 0 saturated heterocycles. The lowest BCUT2D eigenvalue weighted by Crippen LogP contribution is -2.74. The molecule has 1 heterocycles. The summed E-state index contributed by atoms with van der Waals surface area (Å²) in [5.74, 6) is 0.536. The minimum atomic E-state index is -0.512. The molecule has 8 heteroatoms. The molecule has 0 saturated carbocycles. The highest BCUT2D eigenvalue weighted by molar-refractivity contribution is 7.80. The minimum Gasteiger partial charge on any atom is -0.464 e.